The third-order valence-electron chi connectivity index (χ3n) is 3.63. The second-order valence-electron chi connectivity index (χ2n) is 5.47. The number of carbonyl (C=O) groups excluding carboxylic acids is 3. The number of anilines is 2. The zero-order valence-electron chi connectivity index (χ0n) is 14.3. The molecular formula is C19H20N2O4. The van der Waals surface area contributed by atoms with Gasteiger partial charge in [0.1, 0.15) is 0 Å². The van der Waals surface area contributed by atoms with Crippen LogP contribution in [0.25, 0.3) is 0 Å². The van der Waals surface area contributed by atoms with E-state index in [1.54, 1.807) is 55.6 Å². The molecule has 0 aliphatic heterocycles. The quantitative estimate of drug-likeness (QED) is 0.623. The molecule has 0 unspecified atom stereocenters. The first-order valence-electron chi connectivity index (χ1n) is 7.82. The van der Waals surface area contributed by atoms with E-state index in [0.29, 0.717) is 22.5 Å². The minimum absolute atomic E-state index is 0.0524. The Labute approximate surface area is 146 Å². The molecule has 6 heteroatoms. The molecule has 0 saturated heterocycles. The van der Waals surface area contributed by atoms with Crippen molar-refractivity contribution < 1.29 is 19.1 Å². The molecule has 0 aliphatic rings. The van der Waals surface area contributed by atoms with Crippen LogP contribution in [0, 0.1) is 0 Å². The molecular weight excluding hydrogens is 320 g/mol. The number of Topliss-reactive ketones (excluding diaryl/α,β-unsaturated/α-hetero) is 1. The largest absolute Gasteiger partial charge is 0.449 e. The first-order valence-corrected chi connectivity index (χ1v) is 7.82. The Morgan fingerprint density at radius 3 is 2.24 bits per heavy atom. The number of rotatable bonds is 6. The van der Waals surface area contributed by atoms with Crippen molar-refractivity contribution in [1.29, 1.82) is 0 Å². The summed E-state index contributed by atoms with van der Waals surface area (Å²) in [6, 6.07) is 13.4. The molecule has 0 aromatic heterocycles. The maximum atomic E-state index is 12.2. The van der Waals surface area contributed by atoms with E-state index >= 15 is 0 Å². The molecule has 0 saturated carbocycles. The van der Waals surface area contributed by atoms with Crippen LogP contribution in [0.2, 0.25) is 0 Å². The number of hydrogen-bond acceptors (Lipinski definition) is 5. The summed E-state index contributed by atoms with van der Waals surface area (Å²) in [7, 11) is 1.70. The highest BCUT2D eigenvalue weighted by Gasteiger charge is 2.20. The fourth-order valence-electron chi connectivity index (χ4n) is 2.19. The standard InChI is InChI=1S/C19H20N2O4/c1-12(22)14-8-10-15(11-9-14)21-18(23)13(2)25-19(24)16-6-4-5-7-17(16)20-3/h4-11,13,20H,1-3H3,(H,21,23)/t13-/m0/s1. The first kappa shape index (κ1) is 18.2. The molecule has 0 fully saturated rings. The van der Waals surface area contributed by atoms with Gasteiger partial charge in [-0.1, -0.05) is 12.1 Å². The predicted octanol–water partition coefficient (Wildman–Crippen LogP) is 3.11. The number of amides is 1. The third kappa shape index (κ3) is 4.67. The van der Waals surface area contributed by atoms with Crippen molar-refractivity contribution in [2.75, 3.05) is 17.7 Å². The van der Waals surface area contributed by atoms with Crippen LogP contribution in [0.15, 0.2) is 48.5 Å². The zero-order chi connectivity index (χ0) is 18.4. The summed E-state index contributed by atoms with van der Waals surface area (Å²) in [6.07, 6.45) is -0.968. The van der Waals surface area contributed by atoms with Crippen LogP contribution in [-0.2, 0) is 9.53 Å². The van der Waals surface area contributed by atoms with E-state index in [1.807, 2.05) is 0 Å². The van der Waals surface area contributed by atoms with Gasteiger partial charge in [0.05, 0.1) is 5.56 Å². The van der Waals surface area contributed by atoms with Crippen molar-refractivity contribution in [3.63, 3.8) is 0 Å². The molecule has 0 bridgehead atoms. The van der Waals surface area contributed by atoms with Crippen molar-refractivity contribution >= 4 is 29.0 Å². The van der Waals surface area contributed by atoms with Gasteiger partial charge in [-0.3, -0.25) is 9.59 Å². The second-order valence-corrected chi connectivity index (χ2v) is 5.47. The Morgan fingerprint density at radius 1 is 1.00 bits per heavy atom. The van der Waals surface area contributed by atoms with Gasteiger partial charge in [0.15, 0.2) is 11.9 Å². The fraction of sp³-hybridized carbons (Fsp3) is 0.211. The van der Waals surface area contributed by atoms with Gasteiger partial charge < -0.3 is 15.4 Å². The first-order chi connectivity index (χ1) is 11.9. The Hall–Kier alpha value is -3.15. The van der Waals surface area contributed by atoms with E-state index in [4.69, 9.17) is 4.74 Å². The van der Waals surface area contributed by atoms with E-state index in [1.165, 1.54) is 13.8 Å². The molecule has 2 N–H and O–H groups in total. The van der Waals surface area contributed by atoms with Gasteiger partial charge in [-0.25, -0.2) is 4.79 Å². The van der Waals surface area contributed by atoms with E-state index < -0.39 is 18.0 Å². The van der Waals surface area contributed by atoms with E-state index in [0.717, 1.165) is 0 Å². The molecule has 0 spiro atoms. The number of hydrogen-bond donors (Lipinski definition) is 2. The maximum Gasteiger partial charge on any atom is 0.341 e. The van der Waals surface area contributed by atoms with Gasteiger partial charge in [-0.15, -0.1) is 0 Å². The topological polar surface area (TPSA) is 84.5 Å². The second kappa shape index (κ2) is 8.10. The monoisotopic (exact) mass is 340 g/mol. The van der Waals surface area contributed by atoms with Crippen LogP contribution >= 0.6 is 0 Å². The summed E-state index contributed by atoms with van der Waals surface area (Å²) in [5.74, 6) is -1.09. The Kier molecular flexibility index (Phi) is 5.89. The van der Waals surface area contributed by atoms with Gasteiger partial charge in [0.2, 0.25) is 0 Å². The molecule has 2 aromatic rings. The maximum absolute atomic E-state index is 12.2. The molecule has 0 radical (unpaired) electrons. The average molecular weight is 340 g/mol. The van der Waals surface area contributed by atoms with Crippen LogP contribution in [0.3, 0.4) is 0 Å². The molecule has 0 aliphatic carbocycles. The number of esters is 1. The summed E-state index contributed by atoms with van der Waals surface area (Å²) >= 11 is 0. The Balaban J connectivity index is 2.00. The van der Waals surface area contributed by atoms with Gasteiger partial charge in [-0.2, -0.15) is 0 Å². The average Bonchev–Trinajstić information content (AvgIpc) is 2.61. The van der Waals surface area contributed by atoms with E-state index in [9.17, 15) is 14.4 Å². The van der Waals surface area contributed by atoms with Crippen LogP contribution in [-0.4, -0.2) is 30.8 Å². The molecule has 2 aromatic carbocycles. The minimum atomic E-state index is -0.968. The molecule has 1 atom stereocenters. The SMILES string of the molecule is CNc1ccccc1C(=O)O[C@@H](C)C(=O)Nc1ccc(C(C)=O)cc1. The van der Waals surface area contributed by atoms with Crippen LogP contribution in [0.5, 0.6) is 0 Å². The minimum Gasteiger partial charge on any atom is -0.449 e. The lowest BCUT2D eigenvalue weighted by Crippen LogP contribution is -2.30. The lowest BCUT2D eigenvalue weighted by atomic mass is 10.1. The number of nitrogens with one attached hydrogen (secondary N) is 2. The van der Waals surface area contributed by atoms with Crippen LogP contribution < -0.4 is 10.6 Å². The van der Waals surface area contributed by atoms with E-state index in [2.05, 4.69) is 10.6 Å². The third-order valence-corrected chi connectivity index (χ3v) is 3.63. The molecule has 2 rings (SSSR count). The molecule has 6 nitrogen and oxygen atoms in total. The van der Waals surface area contributed by atoms with Gasteiger partial charge in [0, 0.05) is 24.0 Å². The highest BCUT2D eigenvalue weighted by atomic mass is 16.5. The summed E-state index contributed by atoms with van der Waals surface area (Å²) in [6.45, 7) is 2.97. The zero-order valence-corrected chi connectivity index (χ0v) is 14.3. The van der Waals surface area contributed by atoms with Crippen LogP contribution in [0.1, 0.15) is 34.6 Å². The van der Waals surface area contributed by atoms with Crippen molar-refractivity contribution in [1.82, 2.24) is 0 Å². The van der Waals surface area contributed by atoms with Gasteiger partial charge in [0.25, 0.3) is 5.91 Å². The normalized spacial score (nSPS) is 11.3. The molecule has 0 heterocycles. The number of para-hydroxylation sites is 1. The van der Waals surface area contributed by atoms with Gasteiger partial charge >= 0.3 is 5.97 Å². The summed E-state index contributed by atoms with van der Waals surface area (Å²) in [4.78, 5) is 35.7. The predicted molar refractivity (Wildman–Crippen MR) is 95.9 cm³/mol. The van der Waals surface area contributed by atoms with Crippen molar-refractivity contribution in [3.05, 3.63) is 59.7 Å². The smallest absolute Gasteiger partial charge is 0.341 e. The van der Waals surface area contributed by atoms with Crippen molar-refractivity contribution in [3.8, 4) is 0 Å². The Bertz CT molecular complexity index is 784. The number of ketones is 1. The van der Waals surface area contributed by atoms with Gasteiger partial charge in [-0.05, 0) is 50.2 Å². The molecule has 1 amide bonds. The summed E-state index contributed by atoms with van der Waals surface area (Å²) in [5.41, 5.74) is 2.06. The summed E-state index contributed by atoms with van der Waals surface area (Å²) < 4.78 is 5.23. The number of ether oxygens (including phenoxy) is 1. The highest BCUT2D eigenvalue weighted by Crippen LogP contribution is 2.17. The van der Waals surface area contributed by atoms with Crippen molar-refractivity contribution in [2.24, 2.45) is 0 Å². The highest BCUT2D eigenvalue weighted by molar-refractivity contribution is 6.00. The number of carbonyl (C=O) groups is 3. The molecule has 130 valence electrons. The lowest BCUT2D eigenvalue weighted by Gasteiger charge is -2.15. The summed E-state index contributed by atoms with van der Waals surface area (Å²) in [5, 5.41) is 5.55. The van der Waals surface area contributed by atoms with Crippen molar-refractivity contribution in [2.45, 2.75) is 20.0 Å². The Morgan fingerprint density at radius 2 is 1.64 bits per heavy atom. The fourth-order valence-corrected chi connectivity index (χ4v) is 2.19. The van der Waals surface area contributed by atoms with Crippen LogP contribution in [0.4, 0.5) is 11.4 Å². The lowest BCUT2D eigenvalue weighted by molar-refractivity contribution is -0.123. The molecule has 25 heavy (non-hydrogen) atoms. The van der Waals surface area contributed by atoms with E-state index in [-0.39, 0.29) is 5.78 Å². The number of benzene rings is 2.